The Kier molecular flexibility index (Phi) is 6.01. The van der Waals surface area contributed by atoms with Gasteiger partial charge in [0.15, 0.2) is 0 Å². The van der Waals surface area contributed by atoms with Crippen molar-refractivity contribution in [2.75, 3.05) is 32.8 Å². The molecule has 2 heterocycles. The predicted molar refractivity (Wildman–Crippen MR) is 114 cm³/mol. The highest BCUT2D eigenvalue weighted by atomic mass is 16.5. The Bertz CT molecular complexity index is 848. The van der Waals surface area contributed by atoms with Crippen molar-refractivity contribution in [3.05, 3.63) is 47.3 Å². The Morgan fingerprint density at radius 1 is 1.14 bits per heavy atom. The minimum atomic E-state index is -0.0273. The van der Waals surface area contributed by atoms with Crippen LogP contribution in [0.5, 0.6) is 0 Å². The predicted octanol–water partition coefficient (Wildman–Crippen LogP) is 3.25. The Balaban J connectivity index is 1.49. The molecule has 0 spiro atoms. The molecule has 1 N–H and O–H groups in total. The minimum absolute atomic E-state index is 0.0273. The first-order chi connectivity index (χ1) is 14.1. The van der Waals surface area contributed by atoms with Crippen LogP contribution in [0.2, 0.25) is 0 Å². The lowest BCUT2D eigenvalue weighted by molar-refractivity contribution is -0.0361. The third-order valence-corrected chi connectivity index (χ3v) is 6.64. The Labute approximate surface area is 173 Å². The van der Waals surface area contributed by atoms with Crippen LogP contribution in [0, 0.1) is 13.8 Å². The molecular formula is C23H32N4O2. The number of nitrogens with one attached hydrogen (secondary N) is 1. The van der Waals surface area contributed by atoms with Crippen LogP contribution in [0.15, 0.2) is 30.5 Å². The number of morpholine rings is 1. The Morgan fingerprint density at radius 3 is 2.59 bits per heavy atom. The Hall–Kier alpha value is -2.18. The fourth-order valence-electron chi connectivity index (χ4n) is 4.87. The molecule has 1 amide bonds. The minimum Gasteiger partial charge on any atom is -0.379 e. The van der Waals surface area contributed by atoms with Crippen molar-refractivity contribution in [1.82, 2.24) is 20.0 Å². The van der Waals surface area contributed by atoms with Crippen molar-refractivity contribution < 1.29 is 9.53 Å². The van der Waals surface area contributed by atoms with Crippen LogP contribution in [-0.2, 0) is 4.74 Å². The van der Waals surface area contributed by atoms with Gasteiger partial charge in [0.1, 0.15) is 0 Å². The summed E-state index contributed by atoms with van der Waals surface area (Å²) in [7, 11) is 0. The van der Waals surface area contributed by atoms with E-state index in [2.05, 4.69) is 28.3 Å². The largest absolute Gasteiger partial charge is 0.379 e. The third kappa shape index (κ3) is 4.09. The van der Waals surface area contributed by atoms with Gasteiger partial charge in [-0.05, 0) is 38.3 Å². The first kappa shape index (κ1) is 20.1. The van der Waals surface area contributed by atoms with E-state index in [0.29, 0.717) is 12.1 Å². The van der Waals surface area contributed by atoms with E-state index in [-0.39, 0.29) is 11.4 Å². The van der Waals surface area contributed by atoms with Crippen molar-refractivity contribution in [1.29, 1.82) is 0 Å². The number of aryl methyl sites for hydroxylation is 1. The van der Waals surface area contributed by atoms with Crippen molar-refractivity contribution in [2.45, 2.75) is 51.5 Å². The van der Waals surface area contributed by atoms with Gasteiger partial charge in [-0.25, -0.2) is 4.68 Å². The van der Waals surface area contributed by atoms with Crippen LogP contribution < -0.4 is 5.32 Å². The molecule has 1 saturated carbocycles. The number of ether oxygens (including phenoxy) is 1. The zero-order chi connectivity index (χ0) is 20.3. The number of carbonyl (C=O) groups is 1. The summed E-state index contributed by atoms with van der Waals surface area (Å²) in [4.78, 5) is 15.6. The molecule has 2 fully saturated rings. The highest BCUT2D eigenvalue weighted by Crippen LogP contribution is 2.34. The second-order valence-corrected chi connectivity index (χ2v) is 8.41. The zero-order valence-corrected chi connectivity index (χ0v) is 17.6. The fraction of sp³-hybridized carbons (Fsp3) is 0.565. The summed E-state index contributed by atoms with van der Waals surface area (Å²) in [5.41, 5.74) is 3.75. The van der Waals surface area contributed by atoms with Gasteiger partial charge in [-0.1, -0.05) is 37.5 Å². The number of hydrogen-bond donors (Lipinski definition) is 1. The van der Waals surface area contributed by atoms with Crippen LogP contribution in [0.4, 0.5) is 0 Å². The molecule has 4 rings (SSSR count). The average Bonchev–Trinajstić information content (AvgIpc) is 3.15. The molecule has 1 aliphatic carbocycles. The van der Waals surface area contributed by atoms with Crippen molar-refractivity contribution >= 4 is 5.91 Å². The van der Waals surface area contributed by atoms with Gasteiger partial charge in [0.25, 0.3) is 5.91 Å². The van der Waals surface area contributed by atoms with E-state index in [1.807, 2.05) is 29.8 Å². The number of amides is 1. The van der Waals surface area contributed by atoms with Crippen molar-refractivity contribution in [2.24, 2.45) is 0 Å². The maximum atomic E-state index is 13.1. The van der Waals surface area contributed by atoms with Crippen LogP contribution in [0.1, 0.15) is 53.7 Å². The standard InChI is InChI=1S/C23H32N4O2/c1-18-8-4-5-9-21(18)27-19(2)20(16-25-27)22(28)24-17-23(10-6-3-7-11-23)26-12-14-29-15-13-26/h4-5,8-9,16H,3,6-7,10-15,17H2,1-2H3,(H,24,28). The number of nitrogens with zero attached hydrogens (tertiary/aromatic N) is 3. The normalized spacial score (nSPS) is 19.8. The molecule has 1 aromatic carbocycles. The molecule has 6 heteroatoms. The summed E-state index contributed by atoms with van der Waals surface area (Å²) >= 11 is 0. The molecule has 2 aliphatic rings. The van der Waals surface area contributed by atoms with Gasteiger partial charge in [-0.3, -0.25) is 9.69 Å². The van der Waals surface area contributed by atoms with Gasteiger partial charge in [0, 0.05) is 25.2 Å². The number of hydrogen-bond acceptors (Lipinski definition) is 4. The van der Waals surface area contributed by atoms with Gasteiger partial charge in [0.05, 0.1) is 36.4 Å². The summed E-state index contributed by atoms with van der Waals surface area (Å²) in [6.07, 6.45) is 7.75. The topological polar surface area (TPSA) is 59.4 Å². The summed E-state index contributed by atoms with van der Waals surface area (Å²) in [6.45, 7) is 8.22. The number of para-hydroxylation sites is 1. The molecule has 0 atom stereocenters. The van der Waals surface area contributed by atoms with Gasteiger partial charge >= 0.3 is 0 Å². The van der Waals surface area contributed by atoms with Crippen molar-refractivity contribution in [3.8, 4) is 5.69 Å². The number of rotatable bonds is 5. The highest BCUT2D eigenvalue weighted by Gasteiger charge is 2.39. The molecule has 29 heavy (non-hydrogen) atoms. The van der Waals surface area contributed by atoms with E-state index < -0.39 is 0 Å². The molecule has 2 aromatic rings. The zero-order valence-electron chi connectivity index (χ0n) is 17.6. The van der Waals surface area contributed by atoms with Gasteiger partial charge < -0.3 is 10.1 Å². The number of carbonyl (C=O) groups excluding carboxylic acids is 1. The molecular weight excluding hydrogens is 364 g/mol. The van der Waals surface area contributed by atoms with E-state index in [1.165, 1.54) is 19.3 Å². The van der Waals surface area contributed by atoms with Crippen molar-refractivity contribution in [3.63, 3.8) is 0 Å². The molecule has 156 valence electrons. The number of aromatic nitrogens is 2. The molecule has 0 unspecified atom stereocenters. The van der Waals surface area contributed by atoms with E-state index in [9.17, 15) is 4.79 Å². The second-order valence-electron chi connectivity index (χ2n) is 8.41. The van der Waals surface area contributed by atoms with Crippen LogP contribution in [0.25, 0.3) is 5.69 Å². The fourth-order valence-corrected chi connectivity index (χ4v) is 4.87. The van der Waals surface area contributed by atoms with E-state index in [4.69, 9.17) is 4.74 Å². The van der Waals surface area contributed by atoms with Gasteiger partial charge in [-0.2, -0.15) is 5.10 Å². The lowest BCUT2D eigenvalue weighted by Crippen LogP contribution is -2.59. The summed E-state index contributed by atoms with van der Waals surface area (Å²) in [5, 5.41) is 7.75. The molecule has 0 radical (unpaired) electrons. The quantitative estimate of drug-likeness (QED) is 0.843. The lowest BCUT2D eigenvalue weighted by Gasteiger charge is -2.48. The summed E-state index contributed by atoms with van der Waals surface area (Å²) in [6, 6.07) is 8.11. The molecule has 6 nitrogen and oxygen atoms in total. The van der Waals surface area contributed by atoms with E-state index in [0.717, 1.165) is 56.1 Å². The lowest BCUT2D eigenvalue weighted by atomic mass is 9.79. The second kappa shape index (κ2) is 8.67. The third-order valence-electron chi connectivity index (χ3n) is 6.64. The van der Waals surface area contributed by atoms with E-state index >= 15 is 0 Å². The molecule has 1 aromatic heterocycles. The summed E-state index contributed by atoms with van der Waals surface area (Å²) in [5.74, 6) is -0.0273. The van der Waals surface area contributed by atoms with Gasteiger partial charge in [-0.15, -0.1) is 0 Å². The maximum absolute atomic E-state index is 13.1. The number of benzene rings is 1. The first-order valence-corrected chi connectivity index (χ1v) is 10.8. The van der Waals surface area contributed by atoms with Crippen LogP contribution in [-0.4, -0.2) is 59.0 Å². The monoisotopic (exact) mass is 396 g/mol. The molecule has 0 bridgehead atoms. The smallest absolute Gasteiger partial charge is 0.254 e. The molecule has 1 aliphatic heterocycles. The van der Waals surface area contributed by atoms with E-state index in [1.54, 1.807) is 6.20 Å². The average molecular weight is 397 g/mol. The SMILES string of the molecule is Cc1ccccc1-n1ncc(C(=O)NCC2(N3CCOCC3)CCCCC2)c1C. The highest BCUT2D eigenvalue weighted by molar-refractivity contribution is 5.95. The van der Waals surface area contributed by atoms with Crippen LogP contribution >= 0.6 is 0 Å². The van der Waals surface area contributed by atoms with Gasteiger partial charge in [0.2, 0.25) is 0 Å². The van der Waals surface area contributed by atoms with Crippen LogP contribution in [0.3, 0.4) is 0 Å². The first-order valence-electron chi connectivity index (χ1n) is 10.8. The summed E-state index contributed by atoms with van der Waals surface area (Å²) < 4.78 is 7.42. The maximum Gasteiger partial charge on any atom is 0.254 e. The molecule has 1 saturated heterocycles. The Morgan fingerprint density at radius 2 is 1.86 bits per heavy atom.